The Kier molecular flexibility index (Phi) is 5.84. The van der Waals surface area contributed by atoms with Gasteiger partial charge in [0.05, 0.1) is 25.5 Å². The van der Waals surface area contributed by atoms with Crippen molar-refractivity contribution in [1.29, 1.82) is 0 Å². The minimum absolute atomic E-state index is 0.222. The Morgan fingerprint density at radius 3 is 2.36 bits per heavy atom. The lowest BCUT2D eigenvalue weighted by molar-refractivity contribution is -0.137. The summed E-state index contributed by atoms with van der Waals surface area (Å²) in [6.45, 7) is 1.91. The van der Waals surface area contributed by atoms with E-state index in [2.05, 4.69) is 15.5 Å². The van der Waals surface area contributed by atoms with Gasteiger partial charge in [-0.3, -0.25) is 5.43 Å². The SMILES string of the molecule is CC/C(=N\Nc1ccc(C(F)(F)F)cn1)c1ccc(OC)c(OC)c1. The number of methoxy groups -OCH3 is 2. The van der Waals surface area contributed by atoms with Gasteiger partial charge >= 0.3 is 6.18 Å². The minimum atomic E-state index is -4.41. The number of hydrogen-bond donors (Lipinski definition) is 1. The molecule has 0 amide bonds. The summed E-state index contributed by atoms with van der Waals surface area (Å²) in [6, 6.07) is 7.55. The molecule has 0 aliphatic rings. The first-order valence-electron chi connectivity index (χ1n) is 7.47. The van der Waals surface area contributed by atoms with E-state index < -0.39 is 11.7 Å². The molecule has 1 aromatic carbocycles. The van der Waals surface area contributed by atoms with Crippen LogP contribution in [0.4, 0.5) is 19.0 Å². The zero-order valence-electron chi connectivity index (χ0n) is 14.0. The van der Waals surface area contributed by atoms with Gasteiger partial charge in [0.15, 0.2) is 11.5 Å². The van der Waals surface area contributed by atoms with Crippen LogP contribution in [-0.2, 0) is 6.18 Å². The van der Waals surface area contributed by atoms with Crippen LogP contribution in [0.5, 0.6) is 11.5 Å². The van der Waals surface area contributed by atoms with Crippen LogP contribution in [0.25, 0.3) is 0 Å². The van der Waals surface area contributed by atoms with Crippen molar-refractivity contribution >= 4 is 11.5 Å². The van der Waals surface area contributed by atoms with Crippen molar-refractivity contribution in [2.45, 2.75) is 19.5 Å². The number of nitrogens with one attached hydrogen (secondary N) is 1. The summed E-state index contributed by atoms with van der Waals surface area (Å²) in [6.07, 6.45) is -3.05. The second-order valence-electron chi connectivity index (χ2n) is 5.02. The normalized spacial score (nSPS) is 12.0. The van der Waals surface area contributed by atoms with Crippen molar-refractivity contribution in [1.82, 2.24) is 4.98 Å². The summed E-state index contributed by atoms with van der Waals surface area (Å²) in [5, 5.41) is 4.23. The van der Waals surface area contributed by atoms with Crippen LogP contribution in [0.3, 0.4) is 0 Å². The van der Waals surface area contributed by atoms with E-state index in [1.807, 2.05) is 13.0 Å². The standard InChI is InChI=1S/C17H18F3N3O2/c1-4-13(11-5-7-14(24-2)15(9-11)25-3)22-23-16-8-6-12(10-21-16)17(18,19)20/h5-10H,4H2,1-3H3,(H,21,23)/b22-13+. The van der Waals surface area contributed by atoms with Crippen LogP contribution in [-0.4, -0.2) is 24.9 Å². The first-order valence-corrected chi connectivity index (χ1v) is 7.47. The quantitative estimate of drug-likeness (QED) is 0.620. The Labute approximate surface area is 143 Å². The summed E-state index contributed by atoms with van der Waals surface area (Å²) in [5.41, 5.74) is 3.37. The van der Waals surface area contributed by atoms with E-state index in [4.69, 9.17) is 9.47 Å². The summed E-state index contributed by atoms with van der Waals surface area (Å²) >= 11 is 0. The van der Waals surface area contributed by atoms with Crippen LogP contribution in [0.1, 0.15) is 24.5 Å². The van der Waals surface area contributed by atoms with Crippen molar-refractivity contribution in [2.75, 3.05) is 19.6 Å². The molecule has 8 heteroatoms. The number of hydrazone groups is 1. The monoisotopic (exact) mass is 353 g/mol. The maximum atomic E-state index is 12.5. The van der Waals surface area contributed by atoms with Gasteiger partial charge in [0, 0.05) is 11.8 Å². The molecule has 0 aliphatic heterocycles. The fraction of sp³-hybridized carbons (Fsp3) is 0.294. The average Bonchev–Trinajstić information content (AvgIpc) is 2.61. The number of halogens is 3. The third kappa shape index (κ3) is 4.62. The number of aromatic nitrogens is 1. The van der Waals surface area contributed by atoms with Gasteiger partial charge in [-0.05, 0) is 36.8 Å². The van der Waals surface area contributed by atoms with Crippen molar-refractivity contribution in [3.05, 3.63) is 47.7 Å². The van der Waals surface area contributed by atoms with Crippen molar-refractivity contribution < 1.29 is 22.6 Å². The van der Waals surface area contributed by atoms with Crippen LogP contribution >= 0.6 is 0 Å². The number of nitrogens with zero attached hydrogens (tertiary/aromatic N) is 2. The van der Waals surface area contributed by atoms with Gasteiger partial charge in [0.25, 0.3) is 0 Å². The second kappa shape index (κ2) is 7.87. The number of rotatable bonds is 6. The maximum absolute atomic E-state index is 12.5. The van der Waals surface area contributed by atoms with Gasteiger partial charge in [-0.15, -0.1) is 0 Å². The summed E-state index contributed by atoms with van der Waals surface area (Å²) in [5.74, 6) is 1.38. The predicted octanol–water partition coefficient (Wildman–Crippen LogP) is 4.34. The summed E-state index contributed by atoms with van der Waals surface area (Å²) in [4.78, 5) is 3.72. The second-order valence-corrected chi connectivity index (χ2v) is 5.02. The van der Waals surface area contributed by atoms with Crippen LogP contribution in [0.15, 0.2) is 41.6 Å². The lowest BCUT2D eigenvalue weighted by Gasteiger charge is -2.11. The molecule has 0 aliphatic carbocycles. The Bertz CT molecular complexity index is 744. The lowest BCUT2D eigenvalue weighted by Crippen LogP contribution is -2.07. The largest absolute Gasteiger partial charge is 0.493 e. The van der Waals surface area contributed by atoms with Crippen LogP contribution in [0.2, 0.25) is 0 Å². The fourth-order valence-corrected chi connectivity index (χ4v) is 2.12. The number of benzene rings is 1. The molecule has 2 rings (SSSR count). The van der Waals surface area contributed by atoms with Crippen LogP contribution < -0.4 is 14.9 Å². The number of ether oxygens (including phenoxy) is 2. The van der Waals surface area contributed by atoms with E-state index >= 15 is 0 Å². The number of anilines is 1. The predicted molar refractivity (Wildman–Crippen MR) is 89.2 cm³/mol. The molecule has 0 saturated heterocycles. The smallest absolute Gasteiger partial charge is 0.417 e. The molecule has 0 spiro atoms. The van der Waals surface area contributed by atoms with Crippen molar-refractivity contribution in [3.63, 3.8) is 0 Å². The van der Waals surface area contributed by atoms with Gasteiger partial charge in [0.2, 0.25) is 0 Å². The van der Waals surface area contributed by atoms with E-state index in [-0.39, 0.29) is 5.82 Å². The molecular weight excluding hydrogens is 335 g/mol. The molecule has 0 unspecified atom stereocenters. The van der Waals surface area contributed by atoms with Crippen molar-refractivity contribution in [2.24, 2.45) is 5.10 Å². The molecular formula is C17H18F3N3O2. The highest BCUT2D eigenvalue weighted by Gasteiger charge is 2.30. The number of pyridine rings is 1. The molecule has 1 aromatic heterocycles. The maximum Gasteiger partial charge on any atom is 0.417 e. The molecule has 5 nitrogen and oxygen atoms in total. The zero-order valence-corrected chi connectivity index (χ0v) is 14.0. The van der Waals surface area contributed by atoms with E-state index in [1.54, 1.807) is 19.2 Å². The fourth-order valence-electron chi connectivity index (χ4n) is 2.12. The van der Waals surface area contributed by atoms with E-state index in [0.717, 1.165) is 17.8 Å². The molecule has 134 valence electrons. The van der Waals surface area contributed by atoms with Crippen molar-refractivity contribution in [3.8, 4) is 11.5 Å². The van der Waals surface area contributed by atoms with Gasteiger partial charge in [-0.2, -0.15) is 18.3 Å². The van der Waals surface area contributed by atoms with Crippen LogP contribution in [0, 0.1) is 0 Å². The van der Waals surface area contributed by atoms with Gasteiger partial charge in [-0.25, -0.2) is 4.98 Å². The summed E-state index contributed by atoms with van der Waals surface area (Å²) in [7, 11) is 3.08. The molecule has 0 saturated carbocycles. The van der Waals surface area contributed by atoms with E-state index in [0.29, 0.717) is 23.6 Å². The first-order chi connectivity index (χ1) is 11.9. The van der Waals surface area contributed by atoms with E-state index in [1.165, 1.54) is 13.2 Å². The average molecular weight is 353 g/mol. The lowest BCUT2D eigenvalue weighted by atomic mass is 10.1. The van der Waals surface area contributed by atoms with Gasteiger partial charge in [-0.1, -0.05) is 6.92 Å². The topological polar surface area (TPSA) is 55.7 Å². The number of alkyl halides is 3. The Balaban J connectivity index is 2.20. The molecule has 25 heavy (non-hydrogen) atoms. The minimum Gasteiger partial charge on any atom is -0.493 e. The molecule has 0 bridgehead atoms. The Morgan fingerprint density at radius 1 is 1.12 bits per heavy atom. The Hall–Kier alpha value is -2.77. The number of hydrogen-bond acceptors (Lipinski definition) is 5. The summed E-state index contributed by atoms with van der Waals surface area (Å²) < 4.78 is 48.0. The van der Waals surface area contributed by atoms with Gasteiger partial charge < -0.3 is 9.47 Å². The molecule has 2 aromatic rings. The third-order valence-electron chi connectivity index (χ3n) is 3.45. The zero-order chi connectivity index (χ0) is 18.4. The Morgan fingerprint density at radius 2 is 1.84 bits per heavy atom. The molecule has 0 atom stereocenters. The highest BCUT2D eigenvalue weighted by atomic mass is 19.4. The third-order valence-corrected chi connectivity index (χ3v) is 3.45. The highest BCUT2D eigenvalue weighted by molar-refractivity contribution is 6.01. The molecule has 1 N–H and O–H groups in total. The molecule has 0 radical (unpaired) electrons. The molecule has 0 fully saturated rings. The first kappa shape index (κ1) is 18.6. The highest BCUT2D eigenvalue weighted by Crippen LogP contribution is 2.29. The van der Waals surface area contributed by atoms with Gasteiger partial charge in [0.1, 0.15) is 5.82 Å². The molecule has 1 heterocycles. The van der Waals surface area contributed by atoms with E-state index in [9.17, 15) is 13.2 Å².